The lowest BCUT2D eigenvalue weighted by Gasteiger charge is -2.28. The molecule has 0 N–H and O–H groups in total. The van der Waals surface area contributed by atoms with Crippen LogP contribution in [-0.2, 0) is 0 Å². The van der Waals surface area contributed by atoms with Crippen molar-refractivity contribution in [3.8, 4) is 0 Å². The molecule has 4 rings (SSSR count). The normalized spacial score (nSPS) is 12.3. The Balaban J connectivity index is 2.04. The predicted molar refractivity (Wildman–Crippen MR) is 191 cm³/mol. The second kappa shape index (κ2) is 15.1. The molecule has 0 saturated carbocycles. The molecule has 4 heteroatoms. The summed E-state index contributed by atoms with van der Waals surface area (Å²) >= 11 is 0. The summed E-state index contributed by atoms with van der Waals surface area (Å²) in [5.74, 6) is 0. The zero-order valence-corrected chi connectivity index (χ0v) is 28.0. The Morgan fingerprint density at radius 3 is 1.42 bits per heavy atom. The lowest BCUT2D eigenvalue weighted by molar-refractivity contribution is -0.519. The number of anilines is 3. The number of rotatable bonds is 13. The van der Waals surface area contributed by atoms with Crippen molar-refractivity contribution in [3.63, 3.8) is 0 Å². The van der Waals surface area contributed by atoms with Crippen LogP contribution in [0.3, 0.4) is 0 Å². The molecule has 4 nitrogen and oxygen atoms in total. The van der Waals surface area contributed by atoms with E-state index < -0.39 is 0 Å². The van der Waals surface area contributed by atoms with Gasteiger partial charge in [0.15, 0.2) is 0 Å². The summed E-state index contributed by atoms with van der Waals surface area (Å²) < 4.78 is 2.50. The number of benzene rings is 3. The van der Waals surface area contributed by atoms with Crippen LogP contribution in [0.1, 0.15) is 77.6 Å². The summed E-state index contributed by atoms with van der Waals surface area (Å²) in [5, 5.41) is 0. The summed E-state index contributed by atoms with van der Waals surface area (Å²) in [6.45, 7) is 25.9. The molecule has 43 heavy (non-hydrogen) atoms. The van der Waals surface area contributed by atoms with Crippen LogP contribution >= 0.6 is 0 Å². The van der Waals surface area contributed by atoms with Gasteiger partial charge in [0.05, 0.1) is 11.3 Å². The van der Waals surface area contributed by atoms with Gasteiger partial charge < -0.3 is 14.7 Å². The van der Waals surface area contributed by atoms with Crippen LogP contribution in [-0.4, -0.2) is 62.6 Å². The second-order valence-electron chi connectivity index (χ2n) is 11.0. The van der Waals surface area contributed by atoms with Crippen molar-refractivity contribution in [2.24, 2.45) is 0 Å². The fraction of sp³-hybridized carbons (Fsp3) is 0.410. The molecule has 0 atom stereocenters. The zero-order valence-electron chi connectivity index (χ0n) is 28.0. The molecule has 0 spiro atoms. The standard InChI is InChI=1S/C39H53N4/c1-9-40(10-2)32-24-20-30(21-25-32)38(31-22-26-33(27-23-31)41(11-3)12-4)35-28-29-37(43(15-7)16-8)39-34(35)18-17-19-36(39)42(13-5)14-6/h17-29H,9-16H2,1-8H3/q+1. The molecule has 0 unspecified atom stereocenters. The zero-order chi connectivity index (χ0) is 30.9. The third-order valence-electron chi connectivity index (χ3n) is 9.04. The van der Waals surface area contributed by atoms with Crippen molar-refractivity contribution in [2.75, 3.05) is 67.1 Å². The van der Waals surface area contributed by atoms with Gasteiger partial charge in [0.2, 0.25) is 5.71 Å². The Kier molecular flexibility index (Phi) is 11.3. The van der Waals surface area contributed by atoms with Crippen LogP contribution in [0.25, 0.3) is 11.1 Å². The monoisotopic (exact) mass is 577 g/mol. The number of hydrogen-bond acceptors (Lipinski definition) is 3. The third kappa shape index (κ3) is 6.59. The second-order valence-corrected chi connectivity index (χ2v) is 11.0. The molecular weight excluding hydrogens is 524 g/mol. The lowest BCUT2D eigenvalue weighted by Crippen LogP contribution is -2.29. The van der Waals surface area contributed by atoms with Gasteiger partial charge in [-0.25, -0.2) is 4.58 Å². The van der Waals surface area contributed by atoms with Crippen molar-refractivity contribution >= 4 is 33.9 Å². The molecule has 0 heterocycles. The summed E-state index contributed by atoms with van der Waals surface area (Å²) in [4.78, 5) is 7.32. The van der Waals surface area contributed by atoms with Crippen LogP contribution in [0.4, 0.5) is 17.1 Å². The van der Waals surface area contributed by atoms with E-state index in [1.54, 1.807) is 0 Å². The van der Waals surface area contributed by atoms with Crippen molar-refractivity contribution in [1.29, 1.82) is 0 Å². The van der Waals surface area contributed by atoms with Gasteiger partial charge in [-0.3, -0.25) is 0 Å². The molecule has 3 aromatic carbocycles. The number of hydrogen-bond donors (Lipinski definition) is 0. The maximum Gasteiger partial charge on any atom is 0.209 e. The molecule has 0 saturated heterocycles. The Labute approximate surface area is 261 Å². The van der Waals surface area contributed by atoms with Gasteiger partial charge in [0.25, 0.3) is 0 Å². The first kappa shape index (κ1) is 32.1. The first-order valence-corrected chi connectivity index (χ1v) is 16.6. The van der Waals surface area contributed by atoms with E-state index in [4.69, 9.17) is 0 Å². The fourth-order valence-corrected chi connectivity index (χ4v) is 6.58. The summed E-state index contributed by atoms with van der Waals surface area (Å²) in [6.07, 6.45) is 4.74. The van der Waals surface area contributed by atoms with Crippen molar-refractivity contribution < 1.29 is 4.58 Å². The lowest BCUT2D eigenvalue weighted by atomic mass is 9.82. The Hall–Kier alpha value is -3.79. The molecule has 228 valence electrons. The minimum absolute atomic E-state index is 0.980. The fourth-order valence-electron chi connectivity index (χ4n) is 6.58. The SMILES string of the molecule is CCN(CC)c1ccc(C(=C2C=CC(=[N+](CC)CC)c3c2cccc3N(CC)CC)c2ccc(N(CC)CC)cc2)cc1. The van der Waals surface area contributed by atoms with Gasteiger partial charge >= 0.3 is 0 Å². The molecular formula is C39H53N4+. The summed E-state index contributed by atoms with van der Waals surface area (Å²) in [6, 6.07) is 25.3. The largest absolute Gasteiger partial charge is 0.372 e. The van der Waals surface area contributed by atoms with E-state index in [1.165, 1.54) is 56.2 Å². The Morgan fingerprint density at radius 1 is 0.535 bits per heavy atom. The summed E-state index contributed by atoms with van der Waals surface area (Å²) in [5.41, 5.74) is 12.9. The van der Waals surface area contributed by atoms with Crippen molar-refractivity contribution in [2.45, 2.75) is 55.4 Å². The van der Waals surface area contributed by atoms with E-state index in [-0.39, 0.29) is 0 Å². The topological polar surface area (TPSA) is 12.7 Å². The van der Waals surface area contributed by atoms with Crippen LogP contribution in [0, 0.1) is 0 Å². The average molecular weight is 578 g/mol. The number of allylic oxidation sites excluding steroid dienone is 3. The highest BCUT2D eigenvalue weighted by Gasteiger charge is 2.28. The quantitative estimate of drug-likeness (QED) is 0.189. The molecule has 0 fully saturated rings. The van der Waals surface area contributed by atoms with Crippen molar-refractivity contribution in [1.82, 2.24) is 0 Å². The van der Waals surface area contributed by atoms with E-state index in [0.717, 1.165) is 52.4 Å². The average Bonchev–Trinajstić information content (AvgIpc) is 3.05. The van der Waals surface area contributed by atoms with E-state index in [1.807, 2.05) is 0 Å². The molecule has 1 aliphatic rings. The van der Waals surface area contributed by atoms with Gasteiger partial charge in [0.1, 0.15) is 13.1 Å². The predicted octanol–water partition coefficient (Wildman–Crippen LogP) is 8.60. The third-order valence-corrected chi connectivity index (χ3v) is 9.04. The maximum absolute atomic E-state index is 2.50. The molecule has 0 bridgehead atoms. The van der Waals surface area contributed by atoms with Crippen LogP contribution in [0.15, 0.2) is 78.9 Å². The van der Waals surface area contributed by atoms with E-state index in [0.29, 0.717) is 0 Å². The first-order chi connectivity index (χ1) is 21.0. The molecule has 1 aliphatic carbocycles. The molecule has 3 aromatic rings. The molecule has 0 aliphatic heterocycles. The van der Waals surface area contributed by atoms with Crippen LogP contribution in [0.2, 0.25) is 0 Å². The highest BCUT2D eigenvalue weighted by atomic mass is 15.1. The van der Waals surface area contributed by atoms with E-state index in [2.05, 4.69) is 154 Å². The highest BCUT2D eigenvalue weighted by molar-refractivity contribution is 6.20. The molecule has 0 amide bonds. The van der Waals surface area contributed by atoms with Crippen LogP contribution < -0.4 is 14.7 Å². The van der Waals surface area contributed by atoms with Gasteiger partial charge in [0, 0.05) is 56.7 Å². The molecule has 0 radical (unpaired) electrons. The van der Waals surface area contributed by atoms with Gasteiger partial charge in [-0.2, -0.15) is 0 Å². The van der Waals surface area contributed by atoms with Crippen LogP contribution in [0.5, 0.6) is 0 Å². The Morgan fingerprint density at radius 2 is 1.00 bits per heavy atom. The van der Waals surface area contributed by atoms with Gasteiger partial charge in [-0.05, 0) is 120 Å². The van der Waals surface area contributed by atoms with Gasteiger partial charge in [-0.1, -0.05) is 36.4 Å². The smallest absolute Gasteiger partial charge is 0.209 e. The minimum Gasteiger partial charge on any atom is -0.372 e. The van der Waals surface area contributed by atoms with Crippen molar-refractivity contribution in [3.05, 3.63) is 101 Å². The van der Waals surface area contributed by atoms with E-state index in [9.17, 15) is 0 Å². The number of fused-ring (bicyclic) bond motifs is 1. The maximum atomic E-state index is 2.50. The molecule has 0 aromatic heterocycles. The highest BCUT2D eigenvalue weighted by Crippen LogP contribution is 2.41. The first-order valence-electron chi connectivity index (χ1n) is 16.6. The number of nitrogens with zero attached hydrogens (tertiary/aromatic N) is 4. The Bertz CT molecular complexity index is 1370. The summed E-state index contributed by atoms with van der Waals surface area (Å²) in [7, 11) is 0. The van der Waals surface area contributed by atoms with E-state index >= 15 is 0 Å². The minimum atomic E-state index is 0.980. The van der Waals surface area contributed by atoms with Gasteiger partial charge in [-0.15, -0.1) is 0 Å².